The molecule has 7 heteroatoms. The number of nitrogens with zero attached hydrogens (tertiary/aromatic N) is 5. The number of hydrogen-bond donors (Lipinski definition) is 1. The zero-order valence-corrected chi connectivity index (χ0v) is 19.7. The average Bonchev–Trinajstić information content (AvgIpc) is 2.90. The number of aryl methyl sites for hydroxylation is 1. The average molecular weight is 465 g/mol. The van der Waals surface area contributed by atoms with Gasteiger partial charge in [0.05, 0.1) is 5.92 Å². The SMILES string of the molecule is Cc1nc(Nc2ccccn2)cc(N2CCN(C(=O)C(c3ccccc3)c3ccccc3)CC2)n1. The lowest BCUT2D eigenvalue weighted by molar-refractivity contribution is -0.132. The number of piperazine rings is 1. The molecular formula is C28H28N6O. The second-order valence-electron chi connectivity index (χ2n) is 8.57. The van der Waals surface area contributed by atoms with Crippen molar-refractivity contribution in [3.8, 4) is 0 Å². The summed E-state index contributed by atoms with van der Waals surface area (Å²) in [5.41, 5.74) is 2.03. The third-order valence-corrected chi connectivity index (χ3v) is 6.17. The first kappa shape index (κ1) is 22.5. The number of carbonyl (C=O) groups is 1. The summed E-state index contributed by atoms with van der Waals surface area (Å²) in [6.45, 7) is 4.59. The number of pyridine rings is 1. The summed E-state index contributed by atoms with van der Waals surface area (Å²) in [5, 5.41) is 3.25. The van der Waals surface area contributed by atoms with E-state index < -0.39 is 0 Å². The number of benzene rings is 2. The fourth-order valence-electron chi connectivity index (χ4n) is 4.45. The summed E-state index contributed by atoms with van der Waals surface area (Å²) in [5.74, 6) is 2.81. The molecule has 4 aromatic rings. The predicted molar refractivity (Wildman–Crippen MR) is 138 cm³/mol. The fraction of sp³-hybridized carbons (Fsp3) is 0.214. The minimum atomic E-state index is -0.306. The molecule has 1 saturated heterocycles. The zero-order chi connectivity index (χ0) is 24.0. The van der Waals surface area contributed by atoms with Gasteiger partial charge in [-0.15, -0.1) is 0 Å². The van der Waals surface area contributed by atoms with Crippen molar-refractivity contribution in [2.75, 3.05) is 36.4 Å². The molecule has 0 unspecified atom stereocenters. The minimum absolute atomic E-state index is 0.137. The second kappa shape index (κ2) is 10.3. The van der Waals surface area contributed by atoms with Gasteiger partial charge in [-0.1, -0.05) is 66.7 Å². The summed E-state index contributed by atoms with van der Waals surface area (Å²) < 4.78 is 0. The van der Waals surface area contributed by atoms with Crippen molar-refractivity contribution in [2.45, 2.75) is 12.8 Å². The molecule has 3 heterocycles. The Morgan fingerprint density at radius 2 is 1.43 bits per heavy atom. The van der Waals surface area contributed by atoms with E-state index in [2.05, 4.69) is 25.2 Å². The number of carbonyl (C=O) groups excluding carboxylic acids is 1. The molecule has 0 aliphatic carbocycles. The normalized spacial score (nSPS) is 13.7. The highest BCUT2D eigenvalue weighted by molar-refractivity contribution is 5.87. The maximum Gasteiger partial charge on any atom is 0.234 e. The molecule has 0 radical (unpaired) electrons. The van der Waals surface area contributed by atoms with Crippen LogP contribution in [0.2, 0.25) is 0 Å². The highest BCUT2D eigenvalue weighted by Gasteiger charge is 2.30. The topological polar surface area (TPSA) is 74.2 Å². The lowest BCUT2D eigenvalue weighted by atomic mass is 9.90. The Morgan fingerprint density at radius 1 is 0.800 bits per heavy atom. The summed E-state index contributed by atoms with van der Waals surface area (Å²) in [6, 6.07) is 27.7. The second-order valence-corrected chi connectivity index (χ2v) is 8.57. The largest absolute Gasteiger partial charge is 0.353 e. The maximum atomic E-state index is 13.7. The van der Waals surface area contributed by atoms with Crippen LogP contribution in [0.4, 0.5) is 17.5 Å². The lowest BCUT2D eigenvalue weighted by Gasteiger charge is -2.37. The van der Waals surface area contributed by atoms with E-state index >= 15 is 0 Å². The molecule has 5 rings (SSSR count). The van der Waals surface area contributed by atoms with E-state index in [4.69, 9.17) is 0 Å². The van der Waals surface area contributed by atoms with Crippen LogP contribution in [0, 0.1) is 6.92 Å². The van der Waals surface area contributed by atoms with Crippen molar-refractivity contribution in [3.63, 3.8) is 0 Å². The van der Waals surface area contributed by atoms with Crippen molar-refractivity contribution in [2.24, 2.45) is 0 Å². The number of amides is 1. The minimum Gasteiger partial charge on any atom is -0.353 e. The quantitative estimate of drug-likeness (QED) is 0.456. The van der Waals surface area contributed by atoms with Gasteiger partial charge >= 0.3 is 0 Å². The standard InChI is InChI=1S/C28H28N6O/c1-21-30-25(32-24-14-8-9-15-29-24)20-26(31-21)33-16-18-34(19-17-33)28(35)27(22-10-4-2-5-11-22)23-12-6-3-7-13-23/h2-15,20,27H,16-19H2,1H3,(H,29,30,31,32). The van der Waals surface area contributed by atoms with Crippen molar-refractivity contribution in [1.82, 2.24) is 19.9 Å². The molecular weight excluding hydrogens is 436 g/mol. The molecule has 176 valence electrons. The van der Waals surface area contributed by atoms with Gasteiger partial charge in [0.25, 0.3) is 0 Å². The Balaban J connectivity index is 1.30. The van der Waals surface area contributed by atoms with Crippen LogP contribution in [0.15, 0.2) is 91.1 Å². The van der Waals surface area contributed by atoms with Crippen LogP contribution in [0.1, 0.15) is 22.9 Å². The lowest BCUT2D eigenvalue weighted by Crippen LogP contribution is -2.50. The van der Waals surface area contributed by atoms with Gasteiger partial charge in [0.15, 0.2) is 0 Å². The van der Waals surface area contributed by atoms with Crippen LogP contribution < -0.4 is 10.2 Å². The van der Waals surface area contributed by atoms with E-state index in [0.29, 0.717) is 37.8 Å². The van der Waals surface area contributed by atoms with Crippen molar-refractivity contribution in [3.05, 3.63) is 108 Å². The van der Waals surface area contributed by atoms with Crippen LogP contribution in [-0.4, -0.2) is 51.9 Å². The molecule has 0 atom stereocenters. The van der Waals surface area contributed by atoms with Crippen LogP contribution in [0.25, 0.3) is 0 Å². The van der Waals surface area contributed by atoms with Gasteiger partial charge in [-0.25, -0.2) is 15.0 Å². The molecule has 0 saturated carbocycles. The smallest absolute Gasteiger partial charge is 0.234 e. The Labute approximate surface area is 205 Å². The van der Waals surface area contributed by atoms with Gasteiger partial charge in [0, 0.05) is 38.4 Å². The monoisotopic (exact) mass is 464 g/mol. The Morgan fingerprint density at radius 3 is 2.03 bits per heavy atom. The van der Waals surface area contributed by atoms with Crippen LogP contribution >= 0.6 is 0 Å². The van der Waals surface area contributed by atoms with Gasteiger partial charge in [0.2, 0.25) is 5.91 Å². The van der Waals surface area contributed by atoms with Gasteiger partial charge in [0.1, 0.15) is 23.3 Å². The molecule has 0 spiro atoms. The van der Waals surface area contributed by atoms with Crippen molar-refractivity contribution in [1.29, 1.82) is 0 Å². The third-order valence-electron chi connectivity index (χ3n) is 6.17. The Kier molecular flexibility index (Phi) is 6.66. The molecule has 1 fully saturated rings. The number of rotatable bonds is 6. The number of hydrogen-bond acceptors (Lipinski definition) is 6. The van der Waals surface area contributed by atoms with Crippen molar-refractivity contribution >= 4 is 23.4 Å². The predicted octanol–water partition coefficient (Wildman–Crippen LogP) is 4.40. The number of aromatic nitrogens is 3. The third kappa shape index (κ3) is 5.30. The van der Waals surface area contributed by atoms with E-state index in [1.165, 1.54) is 0 Å². The van der Waals surface area contributed by atoms with Crippen LogP contribution in [0.3, 0.4) is 0 Å². The van der Waals surface area contributed by atoms with E-state index in [9.17, 15) is 4.79 Å². The first-order chi connectivity index (χ1) is 17.2. The zero-order valence-electron chi connectivity index (χ0n) is 19.7. The Bertz CT molecular complexity index is 1220. The molecule has 35 heavy (non-hydrogen) atoms. The molecule has 2 aromatic heterocycles. The van der Waals surface area contributed by atoms with Crippen LogP contribution in [0.5, 0.6) is 0 Å². The first-order valence-corrected chi connectivity index (χ1v) is 11.8. The molecule has 0 bridgehead atoms. The highest BCUT2D eigenvalue weighted by Crippen LogP contribution is 2.28. The van der Waals surface area contributed by atoms with Crippen LogP contribution in [-0.2, 0) is 4.79 Å². The first-order valence-electron chi connectivity index (χ1n) is 11.8. The molecule has 7 nitrogen and oxygen atoms in total. The highest BCUT2D eigenvalue weighted by atomic mass is 16.2. The maximum absolute atomic E-state index is 13.7. The molecule has 1 N–H and O–H groups in total. The van der Waals surface area contributed by atoms with E-state index in [1.807, 2.05) is 96.8 Å². The molecule has 1 aliphatic rings. The van der Waals surface area contributed by atoms with E-state index in [0.717, 1.165) is 22.8 Å². The summed E-state index contributed by atoms with van der Waals surface area (Å²) in [7, 11) is 0. The summed E-state index contributed by atoms with van der Waals surface area (Å²) >= 11 is 0. The number of anilines is 3. The van der Waals surface area contributed by atoms with E-state index in [1.54, 1.807) is 6.20 Å². The number of nitrogens with one attached hydrogen (secondary N) is 1. The van der Waals surface area contributed by atoms with Gasteiger partial charge < -0.3 is 15.1 Å². The summed E-state index contributed by atoms with van der Waals surface area (Å²) in [6.07, 6.45) is 1.74. The van der Waals surface area contributed by atoms with Crippen molar-refractivity contribution < 1.29 is 4.79 Å². The fourth-order valence-corrected chi connectivity index (χ4v) is 4.45. The van der Waals surface area contributed by atoms with Gasteiger partial charge in [-0.3, -0.25) is 4.79 Å². The molecule has 1 amide bonds. The molecule has 1 aliphatic heterocycles. The van der Waals surface area contributed by atoms with E-state index in [-0.39, 0.29) is 11.8 Å². The Hall–Kier alpha value is -4.26. The van der Waals surface area contributed by atoms with Gasteiger partial charge in [-0.05, 0) is 30.2 Å². The summed E-state index contributed by atoms with van der Waals surface area (Å²) in [4.78, 5) is 31.4. The molecule has 2 aromatic carbocycles. The van der Waals surface area contributed by atoms with Gasteiger partial charge in [-0.2, -0.15) is 0 Å².